The summed E-state index contributed by atoms with van der Waals surface area (Å²) >= 11 is 3.69. The van der Waals surface area contributed by atoms with Gasteiger partial charge in [-0.1, -0.05) is 38.0 Å². The summed E-state index contributed by atoms with van der Waals surface area (Å²) in [7, 11) is 0. The maximum absolute atomic E-state index is 6.43. The zero-order chi connectivity index (χ0) is 19.3. The highest BCUT2D eigenvalue weighted by atomic mass is 79.9. The van der Waals surface area contributed by atoms with Crippen LogP contribution in [0.25, 0.3) is 27.7 Å². The van der Waals surface area contributed by atoms with Crippen molar-refractivity contribution < 1.29 is 0 Å². The van der Waals surface area contributed by atoms with E-state index in [0.717, 1.165) is 56.6 Å². The average molecular weight is 436 g/mol. The second-order valence-corrected chi connectivity index (χ2v) is 8.66. The van der Waals surface area contributed by atoms with Crippen molar-refractivity contribution >= 4 is 38.3 Å². The van der Waals surface area contributed by atoms with E-state index in [1.54, 1.807) is 4.52 Å². The van der Waals surface area contributed by atoms with E-state index in [9.17, 15) is 0 Å². The predicted molar refractivity (Wildman–Crippen MR) is 116 cm³/mol. The van der Waals surface area contributed by atoms with Gasteiger partial charge in [0.2, 0.25) is 0 Å². The normalized spacial score (nSPS) is 20.1. The molecule has 0 radical (unpaired) electrons. The molecule has 1 aromatic carbocycles. The number of nitrogens with zero attached hydrogens (tertiary/aromatic N) is 4. The van der Waals surface area contributed by atoms with Crippen LogP contribution in [0.2, 0.25) is 0 Å². The van der Waals surface area contributed by atoms with Crippen LogP contribution < -0.4 is 5.73 Å². The summed E-state index contributed by atoms with van der Waals surface area (Å²) < 4.78 is 2.61. The molecule has 3 heterocycles. The Morgan fingerprint density at radius 2 is 1.89 bits per heavy atom. The lowest BCUT2D eigenvalue weighted by atomic mass is 9.81. The molecule has 5 nitrogen and oxygen atoms in total. The number of pyridine rings is 1. The molecule has 0 amide bonds. The van der Waals surface area contributed by atoms with Gasteiger partial charge >= 0.3 is 0 Å². The van der Waals surface area contributed by atoms with Gasteiger partial charge in [-0.15, -0.1) is 0 Å². The van der Waals surface area contributed by atoms with E-state index in [1.165, 1.54) is 12.8 Å². The van der Waals surface area contributed by atoms with Gasteiger partial charge in [0.05, 0.1) is 21.9 Å². The van der Waals surface area contributed by atoms with Crippen molar-refractivity contribution in [3.05, 3.63) is 52.9 Å². The van der Waals surface area contributed by atoms with E-state index in [2.05, 4.69) is 45.1 Å². The summed E-state index contributed by atoms with van der Waals surface area (Å²) in [6, 6.07) is 10.3. The first-order valence-corrected chi connectivity index (χ1v) is 10.6. The van der Waals surface area contributed by atoms with Crippen LogP contribution in [0.15, 0.2) is 47.2 Å². The van der Waals surface area contributed by atoms with Crippen LogP contribution in [-0.4, -0.2) is 19.6 Å². The summed E-state index contributed by atoms with van der Waals surface area (Å²) in [5.74, 6) is 1.85. The van der Waals surface area contributed by atoms with Gasteiger partial charge in [-0.25, -0.2) is 4.98 Å². The van der Waals surface area contributed by atoms with Crippen LogP contribution in [0, 0.1) is 5.92 Å². The summed E-state index contributed by atoms with van der Waals surface area (Å²) in [6.07, 6.45) is 8.52. The molecule has 0 bridgehead atoms. The summed E-state index contributed by atoms with van der Waals surface area (Å²) in [4.78, 5) is 9.65. The highest BCUT2D eigenvalue weighted by Crippen LogP contribution is 2.40. The van der Waals surface area contributed by atoms with Gasteiger partial charge < -0.3 is 5.73 Å². The number of aromatic nitrogens is 4. The molecule has 0 saturated heterocycles. The average Bonchev–Trinajstić information content (AvgIpc) is 3.15. The quantitative estimate of drug-likeness (QED) is 0.445. The molecule has 3 aromatic heterocycles. The van der Waals surface area contributed by atoms with Crippen molar-refractivity contribution in [3.63, 3.8) is 0 Å². The van der Waals surface area contributed by atoms with Gasteiger partial charge in [-0.2, -0.15) is 9.61 Å². The zero-order valence-corrected chi connectivity index (χ0v) is 17.4. The fraction of sp³-hybridized carbons (Fsp3) is 0.318. The lowest BCUT2D eigenvalue weighted by Crippen LogP contribution is -2.15. The number of para-hydroxylation sites is 1. The molecule has 4 aromatic rings. The van der Waals surface area contributed by atoms with Crippen molar-refractivity contribution in [1.29, 1.82) is 0 Å². The van der Waals surface area contributed by atoms with Crippen LogP contribution in [0.4, 0.5) is 5.82 Å². The number of halogens is 1. The van der Waals surface area contributed by atoms with Crippen molar-refractivity contribution in [2.24, 2.45) is 5.92 Å². The number of hydrogen-bond donors (Lipinski definition) is 1. The molecular formula is C22H22BrN5. The summed E-state index contributed by atoms with van der Waals surface area (Å²) in [5.41, 5.74) is 11.2. The van der Waals surface area contributed by atoms with Gasteiger partial charge in [0.1, 0.15) is 5.82 Å². The molecule has 1 saturated carbocycles. The second-order valence-electron chi connectivity index (χ2n) is 7.86. The Balaban J connectivity index is 1.65. The third kappa shape index (κ3) is 2.87. The van der Waals surface area contributed by atoms with Gasteiger partial charge in [0, 0.05) is 28.6 Å². The molecular weight excluding hydrogens is 414 g/mol. The monoisotopic (exact) mass is 435 g/mol. The third-order valence-corrected chi connectivity index (χ3v) is 6.76. The molecule has 142 valence electrons. The first-order chi connectivity index (χ1) is 13.6. The Hall–Kier alpha value is -2.47. The van der Waals surface area contributed by atoms with E-state index in [1.807, 2.05) is 30.6 Å². The minimum Gasteiger partial charge on any atom is -0.383 e. The first kappa shape index (κ1) is 17.6. The number of fused-ring (bicyclic) bond motifs is 2. The van der Waals surface area contributed by atoms with Crippen LogP contribution in [0.1, 0.15) is 44.2 Å². The Bertz CT molecular complexity index is 1170. The molecule has 0 atom stereocenters. The molecule has 0 aliphatic heterocycles. The van der Waals surface area contributed by atoms with Gasteiger partial charge in [-0.3, -0.25) is 4.98 Å². The van der Waals surface area contributed by atoms with Crippen molar-refractivity contribution in [3.8, 4) is 11.1 Å². The number of nitrogens with two attached hydrogens (primary N) is 1. The molecule has 1 aliphatic rings. The maximum atomic E-state index is 6.43. The standard InChI is InChI=1S/C22H22BrN5/c1-13-6-8-14(9-7-13)20-19(23)21(24)28-22(27-20)17(12-26-28)16-10-15-4-2-3-5-18(15)25-11-16/h2-5,10-14H,6-9,24H2,1H3. The van der Waals surface area contributed by atoms with Crippen LogP contribution in [0.3, 0.4) is 0 Å². The van der Waals surface area contributed by atoms with Gasteiger partial charge in [0.15, 0.2) is 5.65 Å². The SMILES string of the molecule is CC1CCC(c2nc3c(-c4cnc5ccccc5c4)cnn3c(N)c2Br)CC1. The van der Waals surface area contributed by atoms with E-state index in [-0.39, 0.29) is 0 Å². The van der Waals surface area contributed by atoms with Crippen molar-refractivity contribution in [2.45, 2.75) is 38.5 Å². The van der Waals surface area contributed by atoms with E-state index in [0.29, 0.717) is 11.7 Å². The van der Waals surface area contributed by atoms with Crippen LogP contribution in [-0.2, 0) is 0 Å². The van der Waals surface area contributed by atoms with Gasteiger partial charge in [-0.05, 0) is 46.8 Å². The minimum absolute atomic E-state index is 0.440. The summed E-state index contributed by atoms with van der Waals surface area (Å²) in [5, 5.41) is 5.61. The molecule has 28 heavy (non-hydrogen) atoms. The van der Waals surface area contributed by atoms with E-state index >= 15 is 0 Å². The first-order valence-electron chi connectivity index (χ1n) is 9.79. The summed E-state index contributed by atoms with van der Waals surface area (Å²) in [6.45, 7) is 2.33. The number of benzene rings is 1. The van der Waals surface area contributed by atoms with Crippen molar-refractivity contribution in [2.75, 3.05) is 5.73 Å². The molecule has 0 unspecified atom stereocenters. The van der Waals surface area contributed by atoms with Crippen LogP contribution >= 0.6 is 15.9 Å². The fourth-order valence-corrected chi connectivity index (χ4v) is 4.82. The molecule has 1 aliphatic carbocycles. The topological polar surface area (TPSA) is 69.1 Å². The zero-order valence-electron chi connectivity index (χ0n) is 15.8. The lowest BCUT2D eigenvalue weighted by molar-refractivity contribution is 0.343. The number of rotatable bonds is 2. The highest BCUT2D eigenvalue weighted by Gasteiger charge is 2.26. The second kappa shape index (κ2) is 6.85. The fourth-order valence-electron chi connectivity index (χ4n) is 4.24. The van der Waals surface area contributed by atoms with Crippen LogP contribution in [0.5, 0.6) is 0 Å². The van der Waals surface area contributed by atoms with E-state index in [4.69, 9.17) is 10.7 Å². The van der Waals surface area contributed by atoms with Gasteiger partial charge in [0.25, 0.3) is 0 Å². The molecule has 5 rings (SSSR count). The molecule has 6 heteroatoms. The highest BCUT2D eigenvalue weighted by molar-refractivity contribution is 9.10. The number of hydrogen-bond acceptors (Lipinski definition) is 4. The lowest BCUT2D eigenvalue weighted by Gasteiger charge is -2.26. The smallest absolute Gasteiger partial charge is 0.165 e. The van der Waals surface area contributed by atoms with Crippen molar-refractivity contribution in [1.82, 2.24) is 19.6 Å². The molecule has 0 spiro atoms. The van der Waals surface area contributed by atoms with E-state index < -0.39 is 0 Å². The Kier molecular flexibility index (Phi) is 4.31. The minimum atomic E-state index is 0.440. The number of anilines is 1. The predicted octanol–water partition coefficient (Wildman–Crippen LogP) is 5.58. The Labute approximate surface area is 172 Å². The molecule has 1 fully saturated rings. The Morgan fingerprint density at radius 3 is 2.71 bits per heavy atom. The molecule has 2 N–H and O–H groups in total. The largest absolute Gasteiger partial charge is 0.383 e. The number of nitrogen functional groups attached to an aromatic ring is 1. The Morgan fingerprint density at radius 1 is 1.11 bits per heavy atom. The maximum Gasteiger partial charge on any atom is 0.165 e. The third-order valence-electron chi connectivity index (χ3n) is 5.95.